The van der Waals surface area contributed by atoms with Gasteiger partial charge in [-0.25, -0.2) is 4.79 Å². The first-order chi connectivity index (χ1) is 11.4. The van der Waals surface area contributed by atoms with Crippen molar-refractivity contribution in [1.82, 2.24) is 0 Å². The van der Waals surface area contributed by atoms with E-state index in [4.69, 9.17) is 4.74 Å². The van der Waals surface area contributed by atoms with Crippen molar-refractivity contribution in [1.29, 1.82) is 0 Å². The topological polar surface area (TPSA) is 64.6 Å². The van der Waals surface area contributed by atoms with Crippen molar-refractivity contribution in [3.05, 3.63) is 58.7 Å². The van der Waals surface area contributed by atoms with Crippen molar-refractivity contribution in [3.8, 4) is 5.75 Å². The second-order valence-corrected chi connectivity index (χ2v) is 5.63. The number of methoxy groups -OCH3 is 1. The minimum absolute atomic E-state index is 0.141. The third-order valence-corrected chi connectivity index (χ3v) is 3.57. The van der Waals surface area contributed by atoms with Gasteiger partial charge in [0.2, 0.25) is 0 Å². The maximum absolute atomic E-state index is 12.1. The second kappa shape index (κ2) is 7.64. The lowest BCUT2D eigenvalue weighted by atomic mass is 10.1. The minimum Gasteiger partial charge on any atom is -0.484 e. The Morgan fingerprint density at radius 3 is 2.33 bits per heavy atom. The largest absolute Gasteiger partial charge is 0.484 e. The van der Waals surface area contributed by atoms with Gasteiger partial charge >= 0.3 is 5.97 Å². The Morgan fingerprint density at radius 1 is 1.04 bits per heavy atom. The summed E-state index contributed by atoms with van der Waals surface area (Å²) in [4.78, 5) is 23.6. The first-order valence-electron chi connectivity index (χ1n) is 7.59. The fourth-order valence-corrected chi connectivity index (χ4v) is 2.53. The monoisotopic (exact) mass is 327 g/mol. The van der Waals surface area contributed by atoms with Crippen molar-refractivity contribution in [2.24, 2.45) is 0 Å². The van der Waals surface area contributed by atoms with Gasteiger partial charge in [-0.1, -0.05) is 23.8 Å². The quantitative estimate of drug-likeness (QED) is 0.855. The van der Waals surface area contributed by atoms with Crippen LogP contribution in [0.3, 0.4) is 0 Å². The average Bonchev–Trinajstić information content (AvgIpc) is 2.55. The van der Waals surface area contributed by atoms with E-state index in [1.165, 1.54) is 7.11 Å². The van der Waals surface area contributed by atoms with Gasteiger partial charge < -0.3 is 14.8 Å². The van der Waals surface area contributed by atoms with Crippen LogP contribution in [0.15, 0.2) is 36.4 Å². The number of ether oxygens (including phenoxy) is 2. The van der Waals surface area contributed by atoms with E-state index in [-0.39, 0.29) is 12.5 Å². The van der Waals surface area contributed by atoms with Crippen LogP contribution in [0.5, 0.6) is 5.75 Å². The molecule has 0 aliphatic rings. The molecule has 0 fully saturated rings. The summed E-state index contributed by atoms with van der Waals surface area (Å²) in [7, 11) is 1.32. The van der Waals surface area contributed by atoms with Gasteiger partial charge in [-0.05, 0) is 50.1 Å². The van der Waals surface area contributed by atoms with Crippen LogP contribution in [0.1, 0.15) is 27.0 Å². The molecule has 0 spiro atoms. The summed E-state index contributed by atoms with van der Waals surface area (Å²) in [5, 5.41) is 2.87. The standard InChI is InChI=1S/C19H21NO4/c1-12-8-13(2)18(14(3)9-12)20-17(21)11-24-16-7-5-6-15(10-16)19(22)23-4/h5-10H,11H2,1-4H3,(H,20,21). The Kier molecular flexibility index (Phi) is 5.58. The summed E-state index contributed by atoms with van der Waals surface area (Å²) in [5.74, 6) is -0.269. The van der Waals surface area contributed by atoms with Gasteiger partial charge in [-0.15, -0.1) is 0 Å². The summed E-state index contributed by atoms with van der Waals surface area (Å²) < 4.78 is 10.1. The minimum atomic E-state index is -0.448. The number of hydrogen-bond acceptors (Lipinski definition) is 4. The van der Waals surface area contributed by atoms with Gasteiger partial charge in [0.25, 0.3) is 5.91 Å². The highest BCUT2D eigenvalue weighted by molar-refractivity contribution is 5.93. The molecule has 5 heteroatoms. The van der Waals surface area contributed by atoms with Crippen LogP contribution in [-0.2, 0) is 9.53 Å². The van der Waals surface area contributed by atoms with Crippen molar-refractivity contribution in [3.63, 3.8) is 0 Å². The first-order valence-corrected chi connectivity index (χ1v) is 7.59. The Morgan fingerprint density at radius 2 is 1.71 bits per heavy atom. The molecular formula is C19H21NO4. The highest BCUT2D eigenvalue weighted by atomic mass is 16.5. The summed E-state index contributed by atoms with van der Waals surface area (Å²) in [6.45, 7) is 5.78. The molecule has 2 aromatic carbocycles. The third kappa shape index (κ3) is 4.35. The van der Waals surface area contributed by atoms with E-state index in [0.29, 0.717) is 11.3 Å². The summed E-state index contributed by atoms with van der Waals surface area (Å²) >= 11 is 0. The Hall–Kier alpha value is -2.82. The number of rotatable bonds is 5. The molecule has 0 unspecified atom stereocenters. The molecule has 0 saturated carbocycles. The molecule has 0 heterocycles. The molecule has 2 rings (SSSR count). The Balaban J connectivity index is 2.00. The molecule has 0 saturated heterocycles. The number of hydrogen-bond donors (Lipinski definition) is 1. The molecule has 0 radical (unpaired) electrons. The fourth-order valence-electron chi connectivity index (χ4n) is 2.53. The van der Waals surface area contributed by atoms with Crippen LogP contribution in [0, 0.1) is 20.8 Å². The molecule has 2 aromatic rings. The summed E-state index contributed by atoms with van der Waals surface area (Å²) in [5.41, 5.74) is 4.35. The van der Waals surface area contributed by atoms with Gasteiger partial charge in [-0.3, -0.25) is 4.79 Å². The highest BCUT2D eigenvalue weighted by Crippen LogP contribution is 2.22. The maximum atomic E-state index is 12.1. The lowest BCUT2D eigenvalue weighted by molar-refractivity contribution is -0.118. The number of amides is 1. The molecule has 0 aliphatic carbocycles. The fraction of sp³-hybridized carbons (Fsp3) is 0.263. The summed E-state index contributed by atoms with van der Waals surface area (Å²) in [6, 6.07) is 10.6. The second-order valence-electron chi connectivity index (χ2n) is 5.63. The maximum Gasteiger partial charge on any atom is 0.337 e. The van der Waals surface area contributed by atoms with E-state index in [1.807, 2.05) is 32.9 Å². The van der Waals surface area contributed by atoms with Gasteiger partial charge in [0.05, 0.1) is 12.7 Å². The zero-order valence-corrected chi connectivity index (χ0v) is 14.3. The Bertz CT molecular complexity index is 745. The van der Waals surface area contributed by atoms with Crippen LogP contribution in [-0.4, -0.2) is 25.6 Å². The molecule has 126 valence electrons. The number of carbonyl (C=O) groups excluding carboxylic acids is 2. The van der Waals surface area contributed by atoms with E-state index in [2.05, 4.69) is 10.1 Å². The number of nitrogens with one attached hydrogen (secondary N) is 1. The third-order valence-electron chi connectivity index (χ3n) is 3.57. The molecule has 0 atom stereocenters. The van der Waals surface area contributed by atoms with Crippen LogP contribution in [0.25, 0.3) is 0 Å². The zero-order chi connectivity index (χ0) is 17.7. The predicted molar refractivity (Wildman–Crippen MR) is 92.6 cm³/mol. The van der Waals surface area contributed by atoms with Gasteiger partial charge in [-0.2, -0.15) is 0 Å². The van der Waals surface area contributed by atoms with E-state index >= 15 is 0 Å². The van der Waals surface area contributed by atoms with E-state index in [9.17, 15) is 9.59 Å². The van der Waals surface area contributed by atoms with E-state index in [0.717, 1.165) is 22.4 Å². The smallest absolute Gasteiger partial charge is 0.337 e. The van der Waals surface area contributed by atoms with E-state index in [1.54, 1.807) is 24.3 Å². The van der Waals surface area contributed by atoms with Crippen LogP contribution in [0.2, 0.25) is 0 Å². The van der Waals surface area contributed by atoms with Crippen molar-refractivity contribution < 1.29 is 19.1 Å². The van der Waals surface area contributed by atoms with Gasteiger partial charge in [0.15, 0.2) is 6.61 Å². The van der Waals surface area contributed by atoms with Crippen molar-refractivity contribution in [2.45, 2.75) is 20.8 Å². The molecule has 5 nitrogen and oxygen atoms in total. The number of anilines is 1. The number of carbonyl (C=O) groups is 2. The van der Waals surface area contributed by atoms with Gasteiger partial charge in [0, 0.05) is 5.69 Å². The molecular weight excluding hydrogens is 306 g/mol. The van der Waals surface area contributed by atoms with Crippen LogP contribution in [0.4, 0.5) is 5.69 Å². The molecule has 1 amide bonds. The van der Waals surface area contributed by atoms with Crippen LogP contribution >= 0.6 is 0 Å². The molecule has 0 aromatic heterocycles. The molecule has 0 bridgehead atoms. The van der Waals surface area contributed by atoms with Gasteiger partial charge in [0.1, 0.15) is 5.75 Å². The summed E-state index contributed by atoms with van der Waals surface area (Å²) in [6.07, 6.45) is 0. The normalized spacial score (nSPS) is 10.2. The lowest BCUT2D eigenvalue weighted by Crippen LogP contribution is -2.21. The van der Waals surface area contributed by atoms with Crippen molar-refractivity contribution >= 4 is 17.6 Å². The molecule has 0 aliphatic heterocycles. The number of benzene rings is 2. The highest BCUT2D eigenvalue weighted by Gasteiger charge is 2.10. The molecule has 24 heavy (non-hydrogen) atoms. The lowest BCUT2D eigenvalue weighted by Gasteiger charge is -2.13. The number of aryl methyl sites for hydroxylation is 3. The molecule has 1 N–H and O–H groups in total. The first kappa shape index (κ1) is 17.5. The average molecular weight is 327 g/mol. The van der Waals surface area contributed by atoms with Crippen LogP contribution < -0.4 is 10.1 Å². The van der Waals surface area contributed by atoms with Crippen molar-refractivity contribution in [2.75, 3.05) is 19.0 Å². The van der Waals surface area contributed by atoms with E-state index < -0.39 is 5.97 Å². The number of esters is 1. The predicted octanol–water partition coefficient (Wildman–Crippen LogP) is 3.42. The zero-order valence-electron chi connectivity index (χ0n) is 14.3. The SMILES string of the molecule is COC(=O)c1cccc(OCC(=O)Nc2c(C)cc(C)cc2C)c1. The Labute approximate surface area is 141 Å².